The molecule has 1 amide bonds. The Balaban J connectivity index is 1.47. The Morgan fingerprint density at radius 3 is 2.68 bits per heavy atom. The highest BCUT2D eigenvalue weighted by Gasteiger charge is 2.28. The van der Waals surface area contributed by atoms with E-state index in [9.17, 15) is 4.79 Å². The van der Waals surface area contributed by atoms with Crippen LogP contribution in [0.1, 0.15) is 42.7 Å². The number of hydrogen-bond acceptors (Lipinski definition) is 2. The number of carbonyl (C=O) groups excluding carboxylic acids is 1. The Kier molecular flexibility index (Phi) is 3.56. The van der Waals surface area contributed by atoms with Gasteiger partial charge in [-0.05, 0) is 43.2 Å². The summed E-state index contributed by atoms with van der Waals surface area (Å²) in [6.45, 7) is 0.790. The van der Waals surface area contributed by atoms with Crippen molar-refractivity contribution in [3.8, 4) is 0 Å². The van der Waals surface area contributed by atoms with Gasteiger partial charge in [-0.2, -0.15) is 0 Å². The van der Waals surface area contributed by atoms with Crippen molar-refractivity contribution in [2.24, 2.45) is 11.7 Å². The van der Waals surface area contributed by atoms with Gasteiger partial charge in [0.15, 0.2) is 0 Å². The Bertz CT molecular complexity index is 464. The van der Waals surface area contributed by atoms with E-state index >= 15 is 0 Å². The Hall–Kier alpha value is -1.35. The van der Waals surface area contributed by atoms with E-state index in [-0.39, 0.29) is 11.8 Å². The summed E-state index contributed by atoms with van der Waals surface area (Å²) in [5.41, 5.74) is 8.72. The standard InChI is InChI=1S/C16H22N2O/c17-14-7-5-11(6-8-14)16(19)18-10-13-9-12-3-1-2-4-15(12)13/h1-4,11,13-14H,5-10,17H2,(H,18,19). The molecule has 3 heteroatoms. The molecule has 0 heterocycles. The van der Waals surface area contributed by atoms with E-state index in [1.807, 2.05) is 0 Å². The van der Waals surface area contributed by atoms with Crippen LogP contribution in [0.5, 0.6) is 0 Å². The molecule has 19 heavy (non-hydrogen) atoms. The summed E-state index contributed by atoms with van der Waals surface area (Å²) in [7, 11) is 0. The minimum absolute atomic E-state index is 0.190. The predicted molar refractivity (Wildman–Crippen MR) is 75.8 cm³/mol. The maximum absolute atomic E-state index is 12.1. The lowest BCUT2D eigenvalue weighted by Gasteiger charge is -2.31. The molecule has 2 aliphatic rings. The third-order valence-electron chi connectivity index (χ3n) is 4.63. The average molecular weight is 258 g/mol. The van der Waals surface area contributed by atoms with Crippen LogP contribution < -0.4 is 11.1 Å². The number of benzene rings is 1. The first-order chi connectivity index (χ1) is 9.24. The van der Waals surface area contributed by atoms with E-state index in [0.29, 0.717) is 12.0 Å². The van der Waals surface area contributed by atoms with Crippen molar-refractivity contribution < 1.29 is 4.79 Å². The van der Waals surface area contributed by atoms with Gasteiger partial charge in [0.25, 0.3) is 0 Å². The smallest absolute Gasteiger partial charge is 0.223 e. The number of nitrogens with two attached hydrogens (primary N) is 1. The fraction of sp³-hybridized carbons (Fsp3) is 0.562. The fourth-order valence-corrected chi connectivity index (χ4v) is 3.29. The van der Waals surface area contributed by atoms with Gasteiger partial charge in [0.05, 0.1) is 0 Å². The molecule has 2 aliphatic carbocycles. The molecule has 3 nitrogen and oxygen atoms in total. The molecule has 1 aromatic carbocycles. The lowest BCUT2D eigenvalue weighted by atomic mass is 9.77. The Morgan fingerprint density at radius 2 is 1.95 bits per heavy atom. The predicted octanol–water partition coefficient (Wildman–Crippen LogP) is 1.96. The third-order valence-corrected chi connectivity index (χ3v) is 4.63. The number of carbonyl (C=O) groups is 1. The molecule has 1 aromatic rings. The first-order valence-electron chi connectivity index (χ1n) is 7.35. The van der Waals surface area contributed by atoms with Crippen LogP contribution in [0.15, 0.2) is 24.3 Å². The quantitative estimate of drug-likeness (QED) is 0.870. The van der Waals surface area contributed by atoms with Crippen molar-refractivity contribution in [2.75, 3.05) is 6.54 Å². The molecular formula is C16H22N2O. The van der Waals surface area contributed by atoms with Crippen molar-refractivity contribution >= 4 is 5.91 Å². The van der Waals surface area contributed by atoms with Crippen molar-refractivity contribution in [2.45, 2.75) is 44.1 Å². The molecule has 1 atom stereocenters. The van der Waals surface area contributed by atoms with Gasteiger partial charge in [-0.3, -0.25) is 4.79 Å². The molecular weight excluding hydrogens is 236 g/mol. The minimum Gasteiger partial charge on any atom is -0.355 e. The van der Waals surface area contributed by atoms with Gasteiger partial charge in [-0.25, -0.2) is 0 Å². The molecule has 1 saturated carbocycles. The van der Waals surface area contributed by atoms with Gasteiger partial charge < -0.3 is 11.1 Å². The molecule has 0 aliphatic heterocycles. The highest BCUT2D eigenvalue weighted by atomic mass is 16.1. The zero-order valence-electron chi connectivity index (χ0n) is 11.3. The number of hydrogen-bond donors (Lipinski definition) is 2. The molecule has 0 saturated heterocycles. The van der Waals surface area contributed by atoms with Crippen LogP contribution in [-0.4, -0.2) is 18.5 Å². The highest BCUT2D eigenvalue weighted by molar-refractivity contribution is 5.78. The largest absolute Gasteiger partial charge is 0.355 e. The number of amides is 1. The van der Waals surface area contributed by atoms with E-state index < -0.39 is 0 Å². The summed E-state index contributed by atoms with van der Waals surface area (Å²) in [5, 5.41) is 3.13. The summed E-state index contributed by atoms with van der Waals surface area (Å²) in [6, 6.07) is 8.82. The van der Waals surface area contributed by atoms with E-state index in [2.05, 4.69) is 29.6 Å². The van der Waals surface area contributed by atoms with E-state index in [4.69, 9.17) is 5.73 Å². The van der Waals surface area contributed by atoms with E-state index in [0.717, 1.165) is 38.6 Å². The van der Waals surface area contributed by atoms with Crippen LogP contribution in [0.2, 0.25) is 0 Å². The van der Waals surface area contributed by atoms with Gasteiger partial charge >= 0.3 is 0 Å². The van der Waals surface area contributed by atoms with E-state index in [1.54, 1.807) is 0 Å². The third kappa shape index (κ3) is 2.66. The SMILES string of the molecule is NC1CCC(C(=O)NCC2Cc3ccccc32)CC1. The molecule has 0 radical (unpaired) electrons. The molecule has 102 valence electrons. The highest BCUT2D eigenvalue weighted by Crippen LogP contribution is 2.34. The molecule has 1 fully saturated rings. The second-order valence-electron chi connectivity index (χ2n) is 5.96. The average Bonchev–Trinajstić information content (AvgIpc) is 2.40. The van der Waals surface area contributed by atoms with Gasteiger partial charge in [-0.1, -0.05) is 24.3 Å². The molecule has 3 N–H and O–H groups in total. The second kappa shape index (κ2) is 5.33. The van der Waals surface area contributed by atoms with Crippen LogP contribution >= 0.6 is 0 Å². The monoisotopic (exact) mass is 258 g/mol. The summed E-state index contributed by atoms with van der Waals surface area (Å²) < 4.78 is 0. The number of nitrogens with one attached hydrogen (secondary N) is 1. The van der Waals surface area contributed by atoms with Gasteiger partial charge in [0, 0.05) is 24.4 Å². The van der Waals surface area contributed by atoms with Gasteiger partial charge in [0.2, 0.25) is 5.91 Å². The fourth-order valence-electron chi connectivity index (χ4n) is 3.29. The van der Waals surface area contributed by atoms with Gasteiger partial charge in [-0.15, -0.1) is 0 Å². The maximum Gasteiger partial charge on any atom is 0.223 e. The molecule has 0 bridgehead atoms. The summed E-state index contributed by atoms with van der Waals surface area (Å²) in [5.74, 6) is 0.942. The van der Waals surface area contributed by atoms with E-state index in [1.165, 1.54) is 11.1 Å². The zero-order chi connectivity index (χ0) is 13.2. The van der Waals surface area contributed by atoms with Crippen LogP contribution in [-0.2, 0) is 11.2 Å². The van der Waals surface area contributed by atoms with Gasteiger partial charge in [0.1, 0.15) is 0 Å². The first-order valence-corrected chi connectivity index (χ1v) is 7.35. The van der Waals surface area contributed by atoms with Crippen LogP contribution in [0.25, 0.3) is 0 Å². The second-order valence-corrected chi connectivity index (χ2v) is 5.96. The van der Waals surface area contributed by atoms with Crippen molar-refractivity contribution in [1.82, 2.24) is 5.32 Å². The van der Waals surface area contributed by atoms with Crippen molar-refractivity contribution in [3.63, 3.8) is 0 Å². The Morgan fingerprint density at radius 1 is 1.21 bits per heavy atom. The molecule has 0 aromatic heterocycles. The molecule has 0 spiro atoms. The van der Waals surface area contributed by atoms with Crippen molar-refractivity contribution in [1.29, 1.82) is 0 Å². The first kappa shape index (κ1) is 12.7. The summed E-state index contributed by atoms with van der Waals surface area (Å²) >= 11 is 0. The number of fused-ring (bicyclic) bond motifs is 1. The molecule has 1 unspecified atom stereocenters. The normalized spacial score (nSPS) is 29.2. The maximum atomic E-state index is 12.1. The summed E-state index contributed by atoms with van der Waals surface area (Å²) in [4.78, 5) is 12.1. The zero-order valence-corrected chi connectivity index (χ0v) is 11.3. The van der Waals surface area contributed by atoms with Crippen LogP contribution in [0.4, 0.5) is 0 Å². The van der Waals surface area contributed by atoms with Crippen LogP contribution in [0, 0.1) is 5.92 Å². The van der Waals surface area contributed by atoms with Crippen molar-refractivity contribution in [3.05, 3.63) is 35.4 Å². The summed E-state index contributed by atoms with van der Waals surface area (Å²) in [6.07, 6.45) is 4.99. The van der Waals surface area contributed by atoms with Crippen LogP contribution in [0.3, 0.4) is 0 Å². The minimum atomic E-state index is 0.190. The topological polar surface area (TPSA) is 55.1 Å². The lowest BCUT2D eigenvalue weighted by molar-refractivity contribution is -0.126. The lowest BCUT2D eigenvalue weighted by Crippen LogP contribution is -2.39. The Labute approximate surface area is 114 Å². The molecule has 3 rings (SSSR count). The number of rotatable bonds is 3.